The molecule has 1 aromatic carbocycles. The summed E-state index contributed by atoms with van der Waals surface area (Å²) in [6, 6.07) is 6.00. The number of hydrogen-bond donors (Lipinski definition) is 2. The van der Waals surface area contributed by atoms with Crippen LogP contribution in [-0.4, -0.2) is 20.2 Å². The van der Waals surface area contributed by atoms with Gasteiger partial charge in [0.05, 0.1) is 5.56 Å². The highest BCUT2D eigenvalue weighted by Gasteiger charge is 2.06. The summed E-state index contributed by atoms with van der Waals surface area (Å²) in [5.41, 5.74) is 0.503. The van der Waals surface area contributed by atoms with Gasteiger partial charge in [-0.15, -0.1) is 0 Å². The van der Waals surface area contributed by atoms with Gasteiger partial charge in [0.25, 0.3) is 0 Å². The van der Waals surface area contributed by atoms with Crippen molar-refractivity contribution in [3.8, 4) is 22.9 Å². The number of phenols is 2. The fraction of sp³-hybridized carbons (Fsp3) is 0. The summed E-state index contributed by atoms with van der Waals surface area (Å²) in [4.78, 5) is 7.97. The monoisotopic (exact) mass is 188 g/mol. The lowest BCUT2D eigenvalue weighted by molar-refractivity contribution is 0.451. The Labute approximate surface area is 80.5 Å². The SMILES string of the molecule is Oc1ccc(-c2ncccn2)c(O)c1. The molecule has 2 rings (SSSR count). The molecule has 0 aliphatic rings. The molecule has 0 aliphatic heterocycles. The Morgan fingerprint density at radius 2 is 1.71 bits per heavy atom. The van der Waals surface area contributed by atoms with E-state index in [0.29, 0.717) is 11.4 Å². The number of aromatic hydroxyl groups is 2. The first-order valence-electron chi connectivity index (χ1n) is 4.07. The van der Waals surface area contributed by atoms with Crippen LogP contribution in [0, 0.1) is 0 Å². The van der Waals surface area contributed by atoms with E-state index in [9.17, 15) is 5.11 Å². The van der Waals surface area contributed by atoms with E-state index in [2.05, 4.69) is 9.97 Å². The molecule has 2 aromatic rings. The van der Waals surface area contributed by atoms with E-state index in [-0.39, 0.29) is 11.5 Å². The summed E-state index contributed by atoms with van der Waals surface area (Å²) >= 11 is 0. The highest BCUT2D eigenvalue weighted by atomic mass is 16.3. The van der Waals surface area contributed by atoms with Crippen molar-refractivity contribution < 1.29 is 10.2 Å². The molecule has 70 valence electrons. The third-order valence-corrected chi connectivity index (χ3v) is 1.79. The predicted octanol–water partition coefficient (Wildman–Crippen LogP) is 1.55. The smallest absolute Gasteiger partial charge is 0.162 e. The van der Waals surface area contributed by atoms with Gasteiger partial charge in [0.2, 0.25) is 0 Å². The molecule has 0 saturated heterocycles. The zero-order valence-electron chi connectivity index (χ0n) is 7.25. The van der Waals surface area contributed by atoms with Gasteiger partial charge in [0.15, 0.2) is 5.82 Å². The van der Waals surface area contributed by atoms with Crippen LogP contribution in [0.4, 0.5) is 0 Å². The molecule has 0 saturated carbocycles. The van der Waals surface area contributed by atoms with Crippen LogP contribution in [0.2, 0.25) is 0 Å². The number of phenolic OH excluding ortho intramolecular Hbond substituents is 2. The first-order chi connectivity index (χ1) is 6.77. The Balaban J connectivity index is 2.53. The van der Waals surface area contributed by atoms with Crippen molar-refractivity contribution in [1.29, 1.82) is 0 Å². The van der Waals surface area contributed by atoms with Gasteiger partial charge in [-0.3, -0.25) is 0 Å². The summed E-state index contributed by atoms with van der Waals surface area (Å²) in [6.45, 7) is 0. The van der Waals surface area contributed by atoms with Crippen molar-refractivity contribution in [2.45, 2.75) is 0 Å². The quantitative estimate of drug-likeness (QED) is 0.712. The highest BCUT2D eigenvalue weighted by molar-refractivity contribution is 5.64. The van der Waals surface area contributed by atoms with Gasteiger partial charge >= 0.3 is 0 Å². The van der Waals surface area contributed by atoms with Gasteiger partial charge in [0, 0.05) is 18.5 Å². The fourth-order valence-electron chi connectivity index (χ4n) is 1.15. The lowest BCUT2D eigenvalue weighted by Crippen LogP contribution is -1.86. The first kappa shape index (κ1) is 8.50. The Kier molecular flexibility index (Phi) is 2.02. The number of aromatic nitrogens is 2. The van der Waals surface area contributed by atoms with Crippen LogP contribution in [0.5, 0.6) is 11.5 Å². The summed E-state index contributed by atoms with van der Waals surface area (Å²) < 4.78 is 0. The maximum atomic E-state index is 9.50. The molecule has 0 atom stereocenters. The first-order valence-corrected chi connectivity index (χ1v) is 4.07. The van der Waals surface area contributed by atoms with Crippen molar-refractivity contribution in [3.63, 3.8) is 0 Å². The average molecular weight is 188 g/mol. The Bertz CT molecular complexity index is 443. The van der Waals surface area contributed by atoms with Crippen molar-refractivity contribution in [2.75, 3.05) is 0 Å². The summed E-state index contributed by atoms with van der Waals surface area (Å²) in [5, 5.41) is 18.6. The Morgan fingerprint density at radius 3 is 2.36 bits per heavy atom. The fourth-order valence-corrected chi connectivity index (χ4v) is 1.15. The average Bonchev–Trinajstić information content (AvgIpc) is 2.19. The number of hydrogen-bond acceptors (Lipinski definition) is 4. The second kappa shape index (κ2) is 3.33. The van der Waals surface area contributed by atoms with Crippen LogP contribution < -0.4 is 0 Å². The highest BCUT2D eigenvalue weighted by Crippen LogP contribution is 2.29. The van der Waals surface area contributed by atoms with Crippen molar-refractivity contribution in [3.05, 3.63) is 36.7 Å². The molecule has 1 aromatic heterocycles. The van der Waals surface area contributed by atoms with Crippen LogP contribution in [-0.2, 0) is 0 Å². The maximum Gasteiger partial charge on any atom is 0.162 e. The number of nitrogens with zero attached hydrogens (tertiary/aromatic N) is 2. The number of rotatable bonds is 1. The van der Waals surface area contributed by atoms with Gasteiger partial charge in [-0.2, -0.15) is 0 Å². The topological polar surface area (TPSA) is 66.2 Å². The third-order valence-electron chi connectivity index (χ3n) is 1.79. The van der Waals surface area contributed by atoms with Gasteiger partial charge in [0.1, 0.15) is 11.5 Å². The van der Waals surface area contributed by atoms with E-state index < -0.39 is 0 Å². The minimum absolute atomic E-state index is 0.0159. The molecule has 0 radical (unpaired) electrons. The molecule has 2 N–H and O–H groups in total. The molecule has 0 bridgehead atoms. The molecule has 0 aliphatic carbocycles. The van der Waals surface area contributed by atoms with Crippen LogP contribution >= 0.6 is 0 Å². The van der Waals surface area contributed by atoms with E-state index in [1.165, 1.54) is 12.1 Å². The molecular formula is C10H8N2O2. The van der Waals surface area contributed by atoms with Crippen molar-refractivity contribution in [1.82, 2.24) is 9.97 Å². The lowest BCUT2D eigenvalue weighted by Gasteiger charge is -2.02. The van der Waals surface area contributed by atoms with E-state index in [1.807, 2.05) is 0 Å². The van der Waals surface area contributed by atoms with E-state index >= 15 is 0 Å². The zero-order chi connectivity index (χ0) is 9.97. The molecule has 0 spiro atoms. The largest absolute Gasteiger partial charge is 0.508 e. The van der Waals surface area contributed by atoms with Crippen LogP contribution in [0.3, 0.4) is 0 Å². The molecule has 0 amide bonds. The normalized spacial score (nSPS) is 10.0. The standard InChI is InChI=1S/C10H8N2O2/c13-7-2-3-8(9(14)6-7)10-11-4-1-5-12-10/h1-6,13-14H. The Hall–Kier alpha value is -2.10. The van der Waals surface area contributed by atoms with E-state index in [4.69, 9.17) is 5.11 Å². The lowest BCUT2D eigenvalue weighted by atomic mass is 10.2. The van der Waals surface area contributed by atoms with E-state index in [1.54, 1.807) is 24.5 Å². The molecule has 1 heterocycles. The van der Waals surface area contributed by atoms with Gasteiger partial charge in [-0.25, -0.2) is 9.97 Å². The van der Waals surface area contributed by atoms with Crippen LogP contribution in [0.25, 0.3) is 11.4 Å². The van der Waals surface area contributed by atoms with Gasteiger partial charge in [-0.1, -0.05) is 0 Å². The minimum Gasteiger partial charge on any atom is -0.508 e. The summed E-state index contributed by atoms with van der Waals surface area (Å²) in [6.07, 6.45) is 3.18. The molecule has 0 unspecified atom stereocenters. The Morgan fingerprint density at radius 1 is 1.00 bits per heavy atom. The van der Waals surface area contributed by atoms with Gasteiger partial charge in [-0.05, 0) is 18.2 Å². The number of benzene rings is 1. The van der Waals surface area contributed by atoms with Crippen molar-refractivity contribution >= 4 is 0 Å². The minimum atomic E-state index is -0.0313. The zero-order valence-corrected chi connectivity index (χ0v) is 7.25. The van der Waals surface area contributed by atoms with E-state index in [0.717, 1.165) is 0 Å². The third kappa shape index (κ3) is 1.50. The van der Waals surface area contributed by atoms with Crippen molar-refractivity contribution in [2.24, 2.45) is 0 Å². The van der Waals surface area contributed by atoms with Gasteiger partial charge < -0.3 is 10.2 Å². The molecule has 14 heavy (non-hydrogen) atoms. The maximum absolute atomic E-state index is 9.50. The molecule has 4 heteroatoms. The second-order valence-corrected chi connectivity index (χ2v) is 2.77. The van der Waals surface area contributed by atoms with Crippen LogP contribution in [0.15, 0.2) is 36.7 Å². The predicted molar refractivity (Wildman–Crippen MR) is 50.8 cm³/mol. The summed E-state index contributed by atoms with van der Waals surface area (Å²) in [5.74, 6) is 0.420. The second-order valence-electron chi connectivity index (χ2n) is 2.77. The van der Waals surface area contributed by atoms with Crippen LogP contribution in [0.1, 0.15) is 0 Å². The molecule has 4 nitrogen and oxygen atoms in total. The molecular weight excluding hydrogens is 180 g/mol. The molecule has 0 fully saturated rings. The summed E-state index contributed by atoms with van der Waals surface area (Å²) in [7, 11) is 0.